The average molecular weight is 234 g/mol. The predicted molar refractivity (Wildman–Crippen MR) is 69.8 cm³/mol. The van der Waals surface area contributed by atoms with E-state index in [0.29, 0.717) is 0 Å². The number of hydrogen-bond donors (Lipinski definition) is 0. The van der Waals surface area contributed by atoms with Crippen LogP contribution in [0.4, 0.5) is 4.72 Å². The van der Waals surface area contributed by atoms with Gasteiger partial charge in [0.2, 0.25) is 0 Å². The number of rotatable bonds is 2. The van der Waals surface area contributed by atoms with Crippen molar-refractivity contribution < 1.29 is 4.72 Å². The Kier molecular flexibility index (Phi) is 6.29. The van der Waals surface area contributed by atoms with E-state index in [0.717, 1.165) is 12.1 Å². The molecule has 0 aliphatic carbocycles. The molecule has 16 heavy (non-hydrogen) atoms. The van der Waals surface area contributed by atoms with E-state index in [4.69, 9.17) is 4.72 Å². The van der Waals surface area contributed by atoms with Crippen LogP contribution in [0.5, 0.6) is 0 Å². The predicted octanol–water partition coefficient (Wildman–Crippen LogP) is 2.74. The second-order valence-corrected chi connectivity index (χ2v) is 5.10. The van der Waals surface area contributed by atoms with Gasteiger partial charge in [0, 0.05) is 12.1 Å². The van der Waals surface area contributed by atoms with Crippen molar-refractivity contribution in [2.24, 2.45) is 0 Å². The molecular formula is C13H29FN2. The minimum atomic E-state index is 0. The molecule has 0 N–H and O–H groups in total. The lowest BCUT2D eigenvalue weighted by Gasteiger charge is -2.38. The van der Waals surface area contributed by atoms with Crippen molar-refractivity contribution in [2.75, 3.05) is 26.2 Å². The number of piperidine rings is 1. The van der Waals surface area contributed by atoms with E-state index in [1.807, 2.05) is 0 Å². The summed E-state index contributed by atoms with van der Waals surface area (Å²) >= 11 is 0. The molecule has 2 nitrogen and oxygen atoms in total. The largest absolute Gasteiger partial charge is 0.301 e. The molecule has 0 radical (unpaired) electrons. The van der Waals surface area contributed by atoms with Crippen molar-refractivity contribution in [3.05, 3.63) is 0 Å². The Morgan fingerprint density at radius 1 is 1.06 bits per heavy atom. The molecule has 2 fully saturated rings. The minimum absolute atomic E-state index is 0. The van der Waals surface area contributed by atoms with Crippen molar-refractivity contribution in [1.29, 1.82) is 1.45 Å². The molecule has 0 amide bonds. The molecule has 2 aliphatic heterocycles. The molecule has 2 rings (SSSR count). The third kappa shape index (κ3) is 3.70. The van der Waals surface area contributed by atoms with Crippen LogP contribution in [0.15, 0.2) is 0 Å². The van der Waals surface area contributed by atoms with Gasteiger partial charge in [-0.05, 0) is 65.7 Å². The summed E-state index contributed by atoms with van der Waals surface area (Å²) < 4.78 is 13.0. The van der Waals surface area contributed by atoms with Crippen molar-refractivity contribution in [3.8, 4) is 0 Å². The molecule has 0 aromatic rings. The number of likely N-dealkylation sites (tertiary alicyclic amines) is 2. The summed E-state index contributed by atoms with van der Waals surface area (Å²) in [6.45, 7) is 10.0. The summed E-state index contributed by atoms with van der Waals surface area (Å²) in [4.78, 5) is 5.34. The molecule has 2 heterocycles. The Morgan fingerprint density at radius 3 is 2.00 bits per heavy atom. The first-order valence-electron chi connectivity index (χ1n) is 6.63. The van der Waals surface area contributed by atoms with Gasteiger partial charge in [-0.1, -0.05) is 7.43 Å². The standard InChI is InChI=1S/C12H24N2.CH4.FH/c1-11(2)13-9-5-12(6-10-13)14-7-3-4-8-14;;/h11-12H,3-10H2,1-2H3;1H4;1H/i/hT. The summed E-state index contributed by atoms with van der Waals surface area (Å²) in [5, 5.41) is 0. The van der Waals surface area contributed by atoms with E-state index in [1.165, 1.54) is 51.9 Å². The van der Waals surface area contributed by atoms with Crippen LogP contribution in [0.25, 0.3) is 0 Å². The first kappa shape index (κ1) is 13.9. The molecule has 0 spiro atoms. The molecule has 0 saturated carbocycles. The molecule has 0 unspecified atom stereocenters. The van der Waals surface area contributed by atoms with Crippen LogP contribution >= 0.6 is 0 Å². The molecule has 0 atom stereocenters. The monoisotopic (exact) mass is 234 g/mol. The van der Waals surface area contributed by atoms with Crippen molar-refractivity contribution in [3.63, 3.8) is 0 Å². The van der Waals surface area contributed by atoms with Gasteiger partial charge in [-0.3, -0.25) is 4.72 Å². The van der Waals surface area contributed by atoms with Gasteiger partial charge in [0.25, 0.3) is 1.45 Å². The number of nitrogens with zero attached hydrogens (tertiary/aromatic N) is 2. The van der Waals surface area contributed by atoms with Crippen LogP contribution in [0, 0.1) is 0 Å². The first-order valence-corrected chi connectivity index (χ1v) is 6.25. The highest BCUT2D eigenvalue weighted by atomic mass is 19.0. The maximum absolute atomic E-state index is 8.75. The van der Waals surface area contributed by atoms with Gasteiger partial charge in [-0.15, -0.1) is 0 Å². The van der Waals surface area contributed by atoms with Crippen LogP contribution in [0.1, 0.15) is 47.0 Å². The Bertz CT molecular complexity index is 176. The Hall–Kier alpha value is -0.150. The number of halogens is 1. The lowest BCUT2D eigenvalue weighted by atomic mass is 10.0. The normalized spacial score (nSPS) is 24.6. The highest BCUT2D eigenvalue weighted by molar-refractivity contribution is 4.83. The fourth-order valence-corrected chi connectivity index (χ4v) is 2.87. The fourth-order valence-electron chi connectivity index (χ4n) is 2.87. The molecule has 3 heteroatoms. The molecule has 0 aromatic heterocycles. The summed E-state index contributed by atoms with van der Waals surface area (Å²) in [5.74, 6) is 0. The SMILES string of the molecule is C.CC(C)N1CCC(N2CCCC2)CC1.[3H]F. The first-order chi connectivity index (χ1) is 7.77. The molecular weight excluding hydrogens is 203 g/mol. The quantitative estimate of drug-likeness (QED) is 0.725. The molecule has 98 valence electrons. The van der Waals surface area contributed by atoms with E-state index >= 15 is 0 Å². The van der Waals surface area contributed by atoms with E-state index in [9.17, 15) is 0 Å². The fraction of sp³-hybridized carbons (Fsp3) is 1.00. The lowest BCUT2D eigenvalue weighted by Crippen LogP contribution is -2.45. The van der Waals surface area contributed by atoms with Crippen LogP contribution in [-0.2, 0) is 0 Å². The summed E-state index contributed by atoms with van der Waals surface area (Å²) in [6.07, 6.45) is 5.67. The van der Waals surface area contributed by atoms with Crippen molar-refractivity contribution in [1.82, 2.24) is 9.80 Å². The van der Waals surface area contributed by atoms with Gasteiger partial charge in [-0.2, -0.15) is 0 Å². The lowest BCUT2D eigenvalue weighted by molar-refractivity contribution is 0.107. The van der Waals surface area contributed by atoms with Crippen LogP contribution in [0.2, 0.25) is 0 Å². The summed E-state index contributed by atoms with van der Waals surface area (Å²) in [7, 11) is 0. The van der Waals surface area contributed by atoms with E-state index in [-0.39, 0.29) is 7.43 Å². The zero-order valence-corrected chi connectivity index (χ0v) is 10.1. The van der Waals surface area contributed by atoms with E-state index in [2.05, 4.69) is 25.1 Å². The Morgan fingerprint density at radius 2 is 1.56 bits per heavy atom. The maximum Gasteiger partial charge on any atom is 0.269 e. The van der Waals surface area contributed by atoms with E-state index in [1.54, 1.807) is 0 Å². The smallest absolute Gasteiger partial charge is 0.269 e. The zero-order chi connectivity index (χ0) is 12.0. The van der Waals surface area contributed by atoms with Crippen LogP contribution < -0.4 is 0 Å². The molecule has 2 aliphatic rings. The van der Waals surface area contributed by atoms with Gasteiger partial charge in [0.05, 0.1) is 0 Å². The highest BCUT2D eigenvalue weighted by Gasteiger charge is 2.26. The number of hydrogen-bond acceptors (Lipinski definition) is 2. The second-order valence-electron chi connectivity index (χ2n) is 5.10. The van der Waals surface area contributed by atoms with Gasteiger partial charge in [0.1, 0.15) is 0 Å². The topological polar surface area (TPSA) is 6.48 Å². The van der Waals surface area contributed by atoms with Crippen molar-refractivity contribution in [2.45, 2.75) is 59.0 Å². The third-order valence-corrected chi connectivity index (χ3v) is 3.89. The zero-order valence-electron chi connectivity index (χ0n) is 11.1. The van der Waals surface area contributed by atoms with Gasteiger partial charge >= 0.3 is 0 Å². The maximum atomic E-state index is 8.75. The highest BCUT2D eigenvalue weighted by Crippen LogP contribution is 2.21. The molecule has 0 bridgehead atoms. The van der Waals surface area contributed by atoms with Gasteiger partial charge in [-0.25, -0.2) is 0 Å². The van der Waals surface area contributed by atoms with Gasteiger partial charge in [0.15, 0.2) is 0 Å². The second kappa shape index (κ2) is 7.23. The van der Waals surface area contributed by atoms with E-state index < -0.39 is 0 Å². The minimum Gasteiger partial charge on any atom is -0.301 e. The Labute approximate surface area is 102 Å². The van der Waals surface area contributed by atoms with Gasteiger partial charge < -0.3 is 9.80 Å². The molecule has 2 saturated heterocycles. The summed E-state index contributed by atoms with van der Waals surface area (Å²) in [6, 6.07) is 1.65. The average Bonchev–Trinajstić information content (AvgIpc) is 2.85. The summed E-state index contributed by atoms with van der Waals surface area (Å²) in [5.41, 5.74) is 0. The van der Waals surface area contributed by atoms with Crippen LogP contribution in [-0.4, -0.2) is 49.5 Å². The Balaban J connectivity index is 0.000000811. The molecule has 0 aromatic carbocycles. The third-order valence-electron chi connectivity index (χ3n) is 3.89. The van der Waals surface area contributed by atoms with Crippen LogP contribution in [0.3, 0.4) is 0 Å². The van der Waals surface area contributed by atoms with Crippen molar-refractivity contribution >= 4 is 0 Å².